The molecule has 2 amide bonds. The van der Waals surface area contributed by atoms with Crippen molar-refractivity contribution in [2.75, 3.05) is 11.9 Å². The van der Waals surface area contributed by atoms with Gasteiger partial charge in [-0.25, -0.2) is 9.78 Å². The van der Waals surface area contributed by atoms with Crippen molar-refractivity contribution in [1.29, 1.82) is 0 Å². The first-order valence-electron chi connectivity index (χ1n) is 12.6. The second-order valence-corrected chi connectivity index (χ2v) is 9.31. The maximum Gasteiger partial charge on any atom is 0.322 e. The van der Waals surface area contributed by atoms with E-state index < -0.39 is 6.04 Å². The zero-order chi connectivity index (χ0) is 25.8. The van der Waals surface area contributed by atoms with E-state index in [0.717, 1.165) is 34.5 Å². The SMILES string of the molecule is CCCN(C(=O)Nc1ccc(C)cc1)C(CC)c1nc2ccccc2c(=O)n1-c1ccc(C)c(C)c1. The number of urea groups is 1. The molecule has 6 heteroatoms. The quantitative estimate of drug-likeness (QED) is 0.318. The fourth-order valence-electron chi connectivity index (χ4n) is 4.50. The highest BCUT2D eigenvalue weighted by Crippen LogP contribution is 2.27. The van der Waals surface area contributed by atoms with Crippen LogP contribution in [0.2, 0.25) is 0 Å². The number of carbonyl (C=O) groups excluding carboxylic acids is 1. The number of nitrogens with zero attached hydrogens (tertiary/aromatic N) is 3. The molecule has 4 rings (SSSR count). The smallest absolute Gasteiger partial charge is 0.314 e. The lowest BCUT2D eigenvalue weighted by atomic mass is 10.1. The minimum Gasteiger partial charge on any atom is -0.314 e. The minimum atomic E-state index is -0.394. The molecular formula is C30H34N4O2. The molecule has 4 aromatic rings. The van der Waals surface area contributed by atoms with Crippen LogP contribution in [-0.4, -0.2) is 27.0 Å². The second-order valence-electron chi connectivity index (χ2n) is 9.31. The number of hydrogen-bond donors (Lipinski definition) is 1. The maximum absolute atomic E-state index is 13.8. The molecule has 0 saturated heterocycles. The van der Waals surface area contributed by atoms with E-state index >= 15 is 0 Å². The molecule has 1 unspecified atom stereocenters. The van der Waals surface area contributed by atoms with Crippen LogP contribution in [0.1, 0.15) is 55.2 Å². The first kappa shape index (κ1) is 25.2. The number of carbonyl (C=O) groups is 1. The van der Waals surface area contributed by atoms with Gasteiger partial charge in [0, 0.05) is 12.2 Å². The van der Waals surface area contributed by atoms with Gasteiger partial charge in [0.25, 0.3) is 5.56 Å². The van der Waals surface area contributed by atoms with Crippen LogP contribution in [0, 0.1) is 20.8 Å². The fourth-order valence-corrected chi connectivity index (χ4v) is 4.50. The van der Waals surface area contributed by atoms with Gasteiger partial charge in [-0.05, 0) is 81.1 Å². The molecule has 1 aromatic heterocycles. The van der Waals surface area contributed by atoms with Gasteiger partial charge >= 0.3 is 6.03 Å². The summed E-state index contributed by atoms with van der Waals surface area (Å²) in [6, 6.07) is 20.5. The molecule has 1 N–H and O–H groups in total. The molecule has 0 aliphatic carbocycles. The summed E-state index contributed by atoms with van der Waals surface area (Å²) in [5, 5.41) is 3.59. The summed E-state index contributed by atoms with van der Waals surface area (Å²) in [5.74, 6) is 0.567. The van der Waals surface area contributed by atoms with E-state index in [1.807, 2.05) is 88.4 Å². The van der Waals surface area contributed by atoms with Crippen LogP contribution in [0.15, 0.2) is 71.5 Å². The lowest BCUT2D eigenvalue weighted by molar-refractivity contribution is 0.181. The highest BCUT2D eigenvalue weighted by Gasteiger charge is 2.29. The normalized spacial score (nSPS) is 11.9. The van der Waals surface area contributed by atoms with Crippen LogP contribution in [0.3, 0.4) is 0 Å². The van der Waals surface area contributed by atoms with E-state index in [1.165, 1.54) is 0 Å². The van der Waals surface area contributed by atoms with Gasteiger partial charge in [-0.15, -0.1) is 0 Å². The topological polar surface area (TPSA) is 67.2 Å². The van der Waals surface area contributed by atoms with Gasteiger partial charge in [-0.3, -0.25) is 9.36 Å². The number of rotatable bonds is 7. The van der Waals surface area contributed by atoms with Crippen LogP contribution in [0.5, 0.6) is 0 Å². The molecule has 0 aliphatic rings. The Morgan fingerprint density at radius 3 is 2.36 bits per heavy atom. The summed E-state index contributed by atoms with van der Waals surface area (Å²) >= 11 is 0. The number of nitrogens with one attached hydrogen (secondary N) is 1. The number of aromatic nitrogens is 2. The Morgan fingerprint density at radius 1 is 0.972 bits per heavy atom. The van der Waals surface area contributed by atoms with E-state index in [4.69, 9.17) is 4.98 Å². The molecule has 6 nitrogen and oxygen atoms in total. The highest BCUT2D eigenvalue weighted by atomic mass is 16.2. The Bertz CT molecular complexity index is 1440. The van der Waals surface area contributed by atoms with Crippen molar-refractivity contribution in [2.24, 2.45) is 0 Å². The second kappa shape index (κ2) is 10.8. The maximum atomic E-state index is 13.8. The van der Waals surface area contributed by atoms with Crippen LogP contribution >= 0.6 is 0 Å². The lowest BCUT2D eigenvalue weighted by Crippen LogP contribution is -2.41. The average Bonchev–Trinajstić information content (AvgIpc) is 2.87. The van der Waals surface area contributed by atoms with E-state index in [9.17, 15) is 9.59 Å². The van der Waals surface area contributed by atoms with Gasteiger partial charge in [0.2, 0.25) is 0 Å². The summed E-state index contributed by atoms with van der Waals surface area (Å²) in [5.41, 5.74) is 5.36. The minimum absolute atomic E-state index is 0.132. The van der Waals surface area contributed by atoms with Crippen LogP contribution in [0.25, 0.3) is 16.6 Å². The highest BCUT2D eigenvalue weighted by molar-refractivity contribution is 5.89. The van der Waals surface area contributed by atoms with Crippen molar-refractivity contribution in [2.45, 2.75) is 53.5 Å². The van der Waals surface area contributed by atoms with E-state index in [-0.39, 0.29) is 11.6 Å². The molecular weight excluding hydrogens is 448 g/mol. The molecule has 0 spiro atoms. The zero-order valence-electron chi connectivity index (χ0n) is 21.7. The predicted octanol–water partition coefficient (Wildman–Crippen LogP) is 6.71. The van der Waals surface area contributed by atoms with Crippen LogP contribution < -0.4 is 10.9 Å². The number of anilines is 1. The molecule has 1 heterocycles. The van der Waals surface area contributed by atoms with E-state index in [2.05, 4.69) is 12.2 Å². The van der Waals surface area contributed by atoms with Crippen LogP contribution in [-0.2, 0) is 0 Å². The molecule has 0 aliphatic heterocycles. The number of benzene rings is 3. The van der Waals surface area contributed by atoms with Gasteiger partial charge in [-0.2, -0.15) is 0 Å². The van der Waals surface area contributed by atoms with Crippen molar-refractivity contribution < 1.29 is 4.79 Å². The number of amides is 2. The van der Waals surface area contributed by atoms with Crippen molar-refractivity contribution >= 4 is 22.6 Å². The van der Waals surface area contributed by atoms with Gasteiger partial charge in [0.05, 0.1) is 22.6 Å². The summed E-state index contributed by atoms with van der Waals surface area (Å²) < 4.78 is 1.69. The molecule has 0 bridgehead atoms. The largest absolute Gasteiger partial charge is 0.322 e. The van der Waals surface area contributed by atoms with E-state index in [1.54, 1.807) is 15.5 Å². The molecule has 0 saturated carbocycles. The van der Waals surface area contributed by atoms with E-state index in [0.29, 0.717) is 29.7 Å². The summed E-state index contributed by atoms with van der Waals surface area (Å²) in [6.07, 6.45) is 1.39. The monoisotopic (exact) mass is 482 g/mol. The van der Waals surface area contributed by atoms with Gasteiger partial charge < -0.3 is 10.2 Å². The number of fused-ring (bicyclic) bond motifs is 1. The van der Waals surface area contributed by atoms with Crippen molar-refractivity contribution in [3.63, 3.8) is 0 Å². The summed E-state index contributed by atoms with van der Waals surface area (Å²) in [6.45, 7) is 10.7. The zero-order valence-corrected chi connectivity index (χ0v) is 21.7. The number of para-hydroxylation sites is 1. The summed E-state index contributed by atoms with van der Waals surface area (Å²) in [4.78, 5) is 34.2. The Kier molecular flexibility index (Phi) is 7.53. The first-order valence-corrected chi connectivity index (χ1v) is 12.6. The molecule has 186 valence electrons. The molecule has 0 radical (unpaired) electrons. The Morgan fingerprint density at radius 2 is 1.69 bits per heavy atom. The standard InChI is InChI=1S/C30H34N4O2/c1-6-18-33(30(36)31-23-15-12-20(3)13-16-23)27(7-2)28-32-26-11-9-8-10-25(26)29(35)34(28)24-17-14-21(4)22(5)19-24/h8-17,19,27H,6-7,18H2,1-5H3,(H,31,36). The van der Waals surface area contributed by atoms with Crippen molar-refractivity contribution in [1.82, 2.24) is 14.5 Å². The summed E-state index contributed by atoms with van der Waals surface area (Å²) in [7, 11) is 0. The predicted molar refractivity (Wildman–Crippen MR) is 147 cm³/mol. The third-order valence-electron chi connectivity index (χ3n) is 6.64. The van der Waals surface area contributed by atoms with Gasteiger partial charge in [0.1, 0.15) is 5.82 Å². The number of hydrogen-bond acceptors (Lipinski definition) is 3. The molecule has 36 heavy (non-hydrogen) atoms. The van der Waals surface area contributed by atoms with Gasteiger partial charge in [-0.1, -0.05) is 49.7 Å². The van der Waals surface area contributed by atoms with Gasteiger partial charge in [0.15, 0.2) is 0 Å². The van der Waals surface area contributed by atoms with Crippen molar-refractivity contribution in [3.05, 3.63) is 99.6 Å². The third kappa shape index (κ3) is 5.03. The fraction of sp³-hybridized carbons (Fsp3) is 0.300. The lowest BCUT2D eigenvalue weighted by Gasteiger charge is -2.32. The molecule has 1 atom stereocenters. The Labute approximate surface area is 212 Å². The van der Waals surface area contributed by atoms with Crippen LogP contribution in [0.4, 0.5) is 10.5 Å². The average molecular weight is 483 g/mol. The Balaban J connectivity index is 1.87. The first-order chi connectivity index (χ1) is 17.3. The number of aryl methyl sites for hydroxylation is 3. The molecule has 3 aromatic carbocycles. The van der Waals surface area contributed by atoms with Crippen molar-refractivity contribution in [3.8, 4) is 5.69 Å². The third-order valence-corrected chi connectivity index (χ3v) is 6.64. The Hall–Kier alpha value is -3.93. The molecule has 0 fully saturated rings.